The first kappa shape index (κ1) is 12.0. The lowest BCUT2D eigenvalue weighted by Crippen LogP contribution is -2.27. The lowest BCUT2D eigenvalue weighted by molar-refractivity contribution is -0.157. The van der Waals surface area contributed by atoms with Gasteiger partial charge in [0, 0.05) is 6.42 Å². The van der Waals surface area contributed by atoms with E-state index in [0.29, 0.717) is 6.42 Å². The first-order valence-electron chi connectivity index (χ1n) is 5.09. The Morgan fingerprint density at radius 3 is 2.73 bits per heavy atom. The third-order valence-electron chi connectivity index (χ3n) is 2.37. The minimum absolute atomic E-state index is 0.0672. The Balaban J connectivity index is 2.43. The van der Waals surface area contributed by atoms with Gasteiger partial charge in [-0.1, -0.05) is 6.92 Å². The molecule has 0 saturated carbocycles. The average Bonchev–Trinajstić information content (AvgIpc) is 2.44. The molecular weight excluding hydrogens is 200 g/mol. The molecule has 1 aliphatic heterocycles. The van der Waals surface area contributed by atoms with Gasteiger partial charge in [0.15, 0.2) is 0 Å². The highest BCUT2D eigenvalue weighted by Gasteiger charge is 2.34. The number of carbonyl (C=O) groups is 2. The Morgan fingerprint density at radius 2 is 2.20 bits per heavy atom. The van der Waals surface area contributed by atoms with Crippen LogP contribution in [-0.4, -0.2) is 35.4 Å². The highest BCUT2D eigenvalue weighted by atomic mass is 16.6. The second kappa shape index (κ2) is 5.11. The van der Waals surface area contributed by atoms with Crippen LogP contribution < -0.4 is 0 Å². The number of aliphatic carboxylic acids is 1. The van der Waals surface area contributed by atoms with Crippen LogP contribution in [0.1, 0.15) is 33.1 Å². The van der Waals surface area contributed by atoms with Gasteiger partial charge in [-0.05, 0) is 13.3 Å². The van der Waals surface area contributed by atoms with Gasteiger partial charge in [0.05, 0.1) is 12.2 Å². The molecule has 0 amide bonds. The molecule has 0 aromatic heterocycles. The number of hydrogen-bond donors (Lipinski definition) is 1. The molecule has 3 atom stereocenters. The molecule has 5 nitrogen and oxygen atoms in total. The van der Waals surface area contributed by atoms with Gasteiger partial charge < -0.3 is 14.6 Å². The van der Waals surface area contributed by atoms with Crippen LogP contribution in [0.25, 0.3) is 0 Å². The number of rotatable bonds is 4. The van der Waals surface area contributed by atoms with Gasteiger partial charge in [0.1, 0.15) is 12.5 Å². The van der Waals surface area contributed by atoms with Crippen LogP contribution in [0.2, 0.25) is 0 Å². The predicted octanol–water partition coefficient (Wildman–Crippen LogP) is 0.960. The molecule has 1 N–H and O–H groups in total. The molecule has 0 aromatic rings. The van der Waals surface area contributed by atoms with Gasteiger partial charge in [-0.15, -0.1) is 0 Å². The van der Waals surface area contributed by atoms with Crippen LogP contribution >= 0.6 is 0 Å². The van der Waals surface area contributed by atoms with Crippen LogP contribution in [0.5, 0.6) is 0 Å². The first-order valence-corrected chi connectivity index (χ1v) is 5.09. The summed E-state index contributed by atoms with van der Waals surface area (Å²) in [6.45, 7) is 3.86. The van der Waals surface area contributed by atoms with E-state index in [0.717, 1.165) is 6.42 Å². The fourth-order valence-electron chi connectivity index (χ4n) is 1.74. The fraction of sp³-hybridized carbons (Fsp3) is 0.800. The summed E-state index contributed by atoms with van der Waals surface area (Å²) in [6, 6.07) is 0. The number of carbonyl (C=O) groups excluding carboxylic acids is 1. The van der Waals surface area contributed by atoms with E-state index >= 15 is 0 Å². The zero-order chi connectivity index (χ0) is 11.4. The van der Waals surface area contributed by atoms with Crippen LogP contribution in [0.4, 0.5) is 0 Å². The highest BCUT2D eigenvalue weighted by molar-refractivity contribution is 5.90. The van der Waals surface area contributed by atoms with E-state index in [1.807, 2.05) is 13.8 Å². The summed E-state index contributed by atoms with van der Waals surface area (Å²) in [5.74, 6) is -1.86. The predicted molar refractivity (Wildman–Crippen MR) is 51.4 cm³/mol. The van der Waals surface area contributed by atoms with E-state index in [2.05, 4.69) is 0 Å². The minimum Gasteiger partial charge on any atom is -0.481 e. The Labute approximate surface area is 88.4 Å². The van der Waals surface area contributed by atoms with Crippen molar-refractivity contribution in [3.63, 3.8) is 0 Å². The number of esters is 1. The molecule has 1 saturated heterocycles. The maximum Gasteiger partial charge on any atom is 0.317 e. The van der Waals surface area contributed by atoms with Crippen molar-refractivity contribution in [3.8, 4) is 0 Å². The van der Waals surface area contributed by atoms with Crippen molar-refractivity contribution >= 4 is 11.9 Å². The molecule has 0 aliphatic carbocycles. The molecule has 0 aromatic carbocycles. The number of hydrogen-bond acceptors (Lipinski definition) is 4. The summed E-state index contributed by atoms with van der Waals surface area (Å²) in [7, 11) is 0. The number of ether oxygens (including phenoxy) is 2. The van der Waals surface area contributed by atoms with Crippen molar-refractivity contribution < 1.29 is 24.2 Å². The topological polar surface area (TPSA) is 72.8 Å². The van der Waals surface area contributed by atoms with E-state index in [9.17, 15) is 9.59 Å². The van der Waals surface area contributed by atoms with E-state index in [-0.39, 0.29) is 18.3 Å². The zero-order valence-corrected chi connectivity index (χ0v) is 8.93. The summed E-state index contributed by atoms with van der Waals surface area (Å²) in [4.78, 5) is 21.4. The molecule has 1 rings (SSSR count). The second-order valence-electron chi connectivity index (χ2n) is 3.73. The molecule has 86 valence electrons. The normalized spacial score (nSPS) is 30.1. The SMILES string of the molecule is CC[C@H]1O[C@@H](C)C[C@H]1OC(=O)CC(=O)O. The van der Waals surface area contributed by atoms with Gasteiger partial charge in [0.25, 0.3) is 0 Å². The van der Waals surface area contributed by atoms with Crippen molar-refractivity contribution in [2.75, 3.05) is 0 Å². The standard InChI is InChI=1S/C10H16O5/c1-3-7-8(4-6(2)14-7)15-10(13)5-9(11)12/h6-8H,3-5H2,1-2H3,(H,11,12)/t6-,7+,8+/m0/s1. The molecule has 5 heteroatoms. The smallest absolute Gasteiger partial charge is 0.317 e. The van der Waals surface area contributed by atoms with Crippen LogP contribution in [0, 0.1) is 0 Å². The lowest BCUT2D eigenvalue weighted by atomic mass is 10.1. The Morgan fingerprint density at radius 1 is 1.53 bits per heavy atom. The average molecular weight is 216 g/mol. The van der Waals surface area contributed by atoms with E-state index < -0.39 is 18.4 Å². The van der Waals surface area contributed by atoms with Gasteiger partial charge >= 0.3 is 11.9 Å². The molecule has 0 radical (unpaired) electrons. The summed E-state index contributed by atoms with van der Waals surface area (Å²) in [5, 5.41) is 8.40. The van der Waals surface area contributed by atoms with Crippen LogP contribution in [0.3, 0.4) is 0 Å². The van der Waals surface area contributed by atoms with E-state index in [4.69, 9.17) is 14.6 Å². The summed E-state index contributed by atoms with van der Waals surface area (Å²) in [6.07, 6.45) is 0.493. The summed E-state index contributed by atoms with van der Waals surface area (Å²) >= 11 is 0. The Bertz CT molecular complexity index is 250. The lowest BCUT2D eigenvalue weighted by Gasteiger charge is -2.16. The Kier molecular flexibility index (Phi) is 4.08. The number of carboxylic acids is 1. The minimum atomic E-state index is -1.17. The van der Waals surface area contributed by atoms with Crippen molar-refractivity contribution in [1.29, 1.82) is 0 Å². The molecule has 15 heavy (non-hydrogen) atoms. The third-order valence-corrected chi connectivity index (χ3v) is 2.37. The first-order chi connectivity index (χ1) is 7.02. The van der Waals surface area contributed by atoms with E-state index in [1.54, 1.807) is 0 Å². The second-order valence-corrected chi connectivity index (χ2v) is 3.73. The van der Waals surface area contributed by atoms with Crippen LogP contribution in [0.15, 0.2) is 0 Å². The van der Waals surface area contributed by atoms with Gasteiger partial charge in [0.2, 0.25) is 0 Å². The Hall–Kier alpha value is -1.10. The van der Waals surface area contributed by atoms with Crippen molar-refractivity contribution in [2.45, 2.75) is 51.4 Å². The fourth-order valence-corrected chi connectivity index (χ4v) is 1.74. The van der Waals surface area contributed by atoms with Crippen LogP contribution in [-0.2, 0) is 19.1 Å². The maximum atomic E-state index is 11.1. The van der Waals surface area contributed by atoms with Crippen molar-refractivity contribution in [3.05, 3.63) is 0 Å². The van der Waals surface area contributed by atoms with Crippen molar-refractivity contribution in [2.24, 2.45) is 0 Å². The molecule has 0 spiro atoms. The number of carboxylic acid groups (broad SMARTS) is 1. The largest absolute Gasteiger partial charge is 0.481 e. The van der Waals surface area contributed by atoms with E-state index in [1.165, 1.54) is 0 Å². The summed E-state index contributed by atoms with van der Waals surface area (Å²) in [5.41, 5.74) is 0. The molecular formula is C10H16O5. The van der Waals surface area contributed by atoms with Crippen molar-refractivity contribution in [1.82, 2.24) is 0 Å². The van der Waals surface area contributed by atoms with Gasteiger partial charge in [-0.3, -0.25) is 9.59 Å². The van der Waals surface area contributed by atoms with Gasteiger partial charge in [-0.2, -0.15) is 0 Å². The van der Waals surface area contributed by atoms with Gasteiger partial charge in [-0.25, -0.2) is 0 Å². The monoisotopic (exact) mass is 216 g/mol. The molecule has 1 fully saturated rings. The molecule has 0 bridgehead atoms. The highest BCUT2D eigenvalue weighted by Crippen LogP contribution is 2.25. The zero-order valence-electron chi connectivity index (χ0n) is 8.93. The maximum absolute atomic E-state index is 11.1. The molecule has 1 aliphatic rings. The third kappa shape index (κ3) is 3.51. The molecule has 0 unspecified atom stereocenters. The molecule has 1 heterocycles. The quantitative estimate of drug-likeness (QED) is 0.559. The summed E-state index contributed by atoms with van der Waals surface area (Å²) < 4.78 is 10.6.